The van der Waals surface area contributed by atoms with Crippen LogP contribution in [0.25, 0.3) is 0 Å². The first-order chi connectivity index (χ1) is 7.86. The fraction of sp³-hybridized carbons (Fsp3) is 0.643. The summed E-state index contributed by atoms with van der Waals surface area (Å²) >= 11 is 0. The van der Waals surface area contributed by atoms with Gasteiger partial charge in [-0.2, -0.15) is 4.57 Å². The van der Waals surface area contributed by atoms with Crippen LogP contribution < -0.4 is 4.57 Å². The van der Waals surface area contributed by atoms with E-state index in [4.69, 9.17) is 4.74 Å². The van der Waals surface area contributed by atoms with E-state index in [9.17, 15) is 0 Å². The number of hydrogen-bond acceptors (Lipinski definition) is 1. The Morgan fingerprint density at radius 1 is 1.19 bits per heavy atom. The highest BCUT2D eigenvalue weighted by Crippen LogP contribution is 1.99. The summed E-state index contributed by atoms with van der Waals surface area (Å²) in [5, 5.41) is 0. The van der Waals surface area contributed by atoms with E-state index in [1.807, 2.05) is 0 Å². The molecule has 1 aromatic rings. The zero-order chi connectivity index (χ0) is 11.6. The molecule has 90 valence electrons. The molecule has 0 radical (unpaired) electrons. The van der Waals surface area contributed by atoms with Crippen LogP contribution >= 0.6 is 0 Å². The Labute approximate surface area is 99.3 Å². The molecule has 2 heteroatoms. The van der Waals surface area contributed by atoms with Gasteiger partial charge in [-0.05, 0) is 18.9 Å². The van der Waals surface area contributed by atoms with Gasteiger partial charge in [0.05, 0.1) is 6.61 Å². The molecule has 16 heavy (non-hydrogen) atoms. The van der Waals surface area contributed by atoms with Crippen molar-refractivity contribution in [2.24, 2.45) is 0 Å². The molecule has 0 fully saturated rings. The van der Waals surface area contributed by atoms with Gasteiger partial charge >= 0.3 is 0 Å². The van der Waals surface area contributed by atoms with Gasteiger partial charge in [0.15, 0.2) is 12.4 Å². The van der Waals surface area contributed by atoms with Crippen LogP contribution in [0.2, 0.25) is 0 Å². The number of unbranched alkanes of at least 4 members (excludes halogenated alkanes) is 3. The average Bonchev–Trinajstić information content (AvgIpc) is 2.34. The molecule has 0 saturated heterocycles. The van der Waals surface area contributed by atoms with Crippen molar-refractivity contribution >= 4 is 0 Å². The number of aryl methyl sites for hydroxylation is 1. The predicted molar refractivity (Wildman–Crippen MR) is 66.1 cm³/mol. The Morgan fingerprint density at radius 2 is 2.06 bits per heavy atom. The molecule has 0 aromatic carbocycles. The molecule has 1 heterocycles. The fourth-order valence-electron chi connectivity index (χ4n) is 1.67. The number of pyridine rings is 1. The molecule has 0 spiro atoms. The molecule has 0 saturated carbocycles. The number of aromatic nitrogens is 1. The standard InChI is InChI=1S/C14H24NO/c1-3-5-6-7-11-16-13-15-10-8-9-14(4-2)12-15/h8-10,12H,3-7,11,13H2,1-2H3/q+1. The van der Waals surface area contributed by atoms with E-state index < -0.39 is 0 Å². The van der Waals surface area contributed by atoms with Crippen LogP contribution in [0.1, 0.15) is 45.1 Å². The third kappa shape index (κ3) is 5.26. The normalized spacial score (nSPS) is 10.6. The second kappa shape index (κ2) is 8.28. The number of nitrogens with zero attached hydrogens (tertiary/aromatic N) is 1. The molecule has 0 N–H and O–H groups in total. The Hall–Kier alpha value is -0.890. The van der Waals surface area contributed by atoms with Crippen molar-refractivity contribution in [3.63, 3.8) is 0 Å². The van der Waals surface area contributed by atoms with Crippen molar-refractivity contribution in [2.45, 2.75) is 52.7 Å². The van der Waals surface area contributed by atoms with Crippen LogP contribution in [0.15, 0.2) is 24.5 Å². The topological polar surface area (TPSA) is 13.1 Å². The summed E-state index contributed by atoms with van der Waals surface area (Å²) in [6.45, 7) is 5.96. The lowest BCUT2D eigenvalue weighted by molar-refractivity contribution is -0.733. The molecule has 0 aliphatic heterocycles. The number of rotatable bonds is 8. The van der Waals surface area contributed by atoms with Gasteiger partial charge in [0, 0.05) is 11.6 Å². The van der Waals surface area contributed by atoms with E-state index in [1.165, 1.54) is 31.2 Å². The van der Waals surface area contributed by atoms with Gasteiger partial charge in [0.25, 0.3) is 6.73 Å². The van der Waals surface area contributed by atoms with Gasteiger partial charge in [-0.15, -0.1) is 0 Å². The number of hydrogen-bond donors (Lipinski definition) is 0. The lowest BCUT2D eigenvalue weighted by Gasteiger charge is -2.01. The predicted octanol–water partition coefficient (Wildman–Crippen LogP) is 3.09. The number of ether oxygens (including phenoxy) is 1. The van der Waals surface area contributed by atoms with Crippen molar-refractivity contribution < 1.29 is 9.30 Å². The zero-order valence-electron chi connectivity index (χ0n) is 10.6. The highest BCUT2D eigenvalue weighted by Gasteiger charge is 2.00. The Morgan fingerprint density at radius 3 is 2.81 bits per heavy atom. The first-order valence-electron chi connectivity index (χ1n) is 6.42. The second-order valence-corrected chi connectivity index (χ2v) is 4.18. The Balaban J connectivity index is 2.16. The summed E-state index contributed by atoms with van der Waals surface area (Å²) in [7, 11) is 0. The minimum Gasteiger partial charge on any atom is -0.323 e. The van der Waals surface area contributed by atoms with E-state index in [1.54, 1.807) is 0 Å². The van der Waals surface area contributed by atoms with Crippen molar-refractivity contribution in [3.8, 4) is 0 Å². The first kappa shape index (κ1) is 13.2. The average molecular weight is 222 g/mol. The third-order valence-electron chi connectivity index (χ3n) is 2.71. The molecule has 1 rings (SSSR count). The molecule has 0 unspecified atom stereocenters. The minimum absolute atomic E-state index is 0.681. The van der Waals surface area contributed by atoms with Gasteiger partial charge in [-0.25, -0.2) is 0 Å². The highest BCUT2D eigenvalue weighted by atomic mass is 16.5. The second-order valence-electron chi connectivity index (χ2n) is 4.18. The monoisotopic (exact) mass is 222 g/mol. The maximum Gasteiger partial charge on any atom is 0.252 e. The van der Waals surface area contributed by atoms with Crippen LogP contribution in [0.5, 0.6) is 0 Å². The Kier molecular flexibility index (Phi) is 6.82. The first-order valence-corrected chi connectivity index (χ1v) is 6.42. The quantitative estimate of drug-likeness (QED) is 0.486. The third-order valence-corrected chi connectivity index (χ3v) is 2.71. The maximum absolute atomic E-state index is 5.63. The lowest BCUT2D eigenvalue weighted by Crippen LogP contribution is -2.34. The van der Waals surface area contributed by atoms with E-state index in [0.29, 0.717) is 6.73 Å². The van der Waals surface area contributed by atoms with Gasteiger partial charge in [-0.1, -0.05) is 33.1 Å². The van der Waals surface area contributed by atoms with Crippen LogP contribution in [0.4, 0.5) is 0 Å². The summed E-state index contributed by atoms with van der Waals surface area (Å²) in [6.07, 6.45) is 10.4. The van der Waals surface area contributed by atoms with Gasteiger partial charge in [-0.3, -0.25) is 0 Å². The summed E-state index contributed by atoms with van der Waals surface area (Å²) in [6, 6.07) is 4.23. The molecular weight excluding hydrogens is 198 g/mol. The minimum atomic E-state index is 0.681. The Bertz CT molecular complexity index is 286. The fourth-order valence-corrected chi connectivity index (χ4v) is 1.67. The summed E-state index contributed by atoms with van der Waals surface area (Å²) < 4.78 is 7.74. The molecule has 0 aliphatic carbocycles. The van der Waals surface area contributed by atoms with Crippen molar-refractivity contribution in [2.75, 3.05) is 6.61 Å². The van der Waals surface area contributed by atoms with Crippen LogP contribution in [0.3, 0.4) is 0 Å². The van der Waals surface area contributed by atoms with Crippen molar-refractivity contribution in [1.29, 1.82) is 0 Å². The zero-order valence-corrected chi connectivity index (χ0v) is 10.6. The van der Waals surface area contributed by atoms with E-state index in [0.717, 1.165) is 13.0 Å². The molecule has 0 atom stereocenters. The van der Waals surface area contributed by atoms with E-state index in [2.05, 4.69) is 42.9 Å². The summed E-state index contributed by atoms with van der Waals surface area (Å²) in [4.78, 5) is 0. The molecule has 2 nitrogen and oxygen atoms in total. The smallest absolute Gasteiger partial charge is 0.252 e. The lowest BCUT2D eigenvalue weighted by atomic mass is 10.2. The van der Waals surface area contributed by atoms with Crippen LogP contribution in [-0.2, 0) is 17.9 Å². The molecule has 0 aliphatic rings. The molecular formula is C14H24NO+. The summed E-state index contributed by atoms with van der Waals surface area (Å²) in [5.74, 6) is 0. The summed E-state index contributed by atoms with van der Waals surface area (Å²) in [5.41, 5.74) is 1.36. The largest absolute Gasteiger partial charge is 0.323 e. The molecule has 0 amide bonds. The van der Waals surface area contributed by atoms with Gasteiger partial charge < -0.3 is 4.74 Å². The maximum atomic E-state index is 5.63. The van der Waals surface area contributed by atoms with Crippen LogP contribution in [-0.4, -0.2) is 6.61 Å². The molecule has 0 bridgehead atoms. The van der Waals surface area contributed by atoms with Gasteiger partial charge in [0.1, 0.15) is 0 Å². The SMILES string of the molecule is CCCCCCOC[n+]1cccc(CC)c1. The van der Waals surface area contributed by atoms with Crippen molar-refractivity contribution in [1.82, 2.24) is 0 Å². The van der Waals surface area contributed by atoms with E-state index >= 15 is 0 Å². The van der Waals surface area contributed by atoms with Gasteiger partial charge in [0.2, 0.25) is 0 Å². The molecule has 1 aromatic heterocycles. The highest BCUT2D eigenvalue weighted by molar-refractivity contribution is 5.04. The van der Waals surface area contributed by atoms with Crippen LogP contribution in [0, 0.1) is 0 Å². The van der Waals surface area contributed by atoms with E-state index in [-0.39, 0.29) is 0 Å². The van der Waals surface area contributed by atoms with Crippen molar-refractivity contribution in [3.05, 3.63) is 30.1 Å².